The topological polar surface area (TPSA) is 75.2 Å². The van der Waals surface area contributed by atoms with E-state index in [2.05, 4.69) is 25.3 Å². The van der Waals surface area contributed by atoms with Crippen molar-refractivity contribution in [3.8, 4) is 0 Å². The zero-order valence-electron chi connectivity index (χ0n) is 15.7. The quantitative estimate of drug-likeness (QED) is 0.388. The Morgan fingerprint density at radius 1 is 1.27 bits per heavy atom. The first-order chi connectivity index (χ1) is 12.2. The number of anilines is 1. The van der Waals surface area contributed by atoms with Gasteiger partial charge in [-0.25, -0.2) is 4.79 Å². The molecule has 8 heteroatoms. The number of benzene rings is 1. The third-order valence-electron chi connectivity index (χ3n) is 4.19. The molecule has 26 heavy (non-hydrogen) atoms. The number of carbonyl (C=O) groups is 1. The van der Waals surface area contributed by atoms with Crippen LogP contribution in [0.1, 0.15) is 25.3 Å². The summed E-state index contributed by atoms with van der Waals surface area (Å²) >= 11 is 0. The van der Waals surface area contributed by atoms with Gasteiger partial charge < -0.3 is 19.7 Å². The predicted octanol–water partition coefficient (Wildman–Crippen LogP) is 3.06. The maximum absolute atomic E-state index is 11.2. The Morgan fingerprint density at radius 3 is 2.46 bits per heavy atom. The average molecular weight is 476 g/mol. The lowest BCUT2D eigenvalue weighted by atomic mass is 10.1. The van der Waals surface area contributed by atoms with Gasteiger partial charge in [0.15, 0.2) is 5.96 Å². The minimum atomic E-state index is -0.471. The number of nitrogens with zero attached hydrogens (tertiary/aromatic N) is 2. The predicted molar refractivity (Wildman–Crippen MR) is 114 cm³/mol. The third kappa shape index (κ3) is 6.99. The van der Waals surface area contributed by atoms with Crippen molar-refractivity contribution in [1.29, 1.82) is 0 Å². The maximum atomic E-state index is 11.2. The van der Waals surface area contributed by atoms with E-state index in [-0.39, 0.29) is 24.0 Å². The van der Waals surface area contributed by atoms with E-state index in [1.54, 1.807) is 7.05 Å². The number of piperidine rings is 1. The monoisotopic (exact) mass is 476 g/mol. The van der Waals surface area contributed by atoms with E-state index in [0.717, 1.165) is 44.1 Å². The number of rotatable bonds is 5. The molecule has 0 radical (unpaired) electrons. The fraction of sp³-hybridized carbons (Fsp3) is 0.556. The molecule has 1 aliphatic heterocycles. The molecule has 1 aromatic rings. The second-order valence-electron chi connectivity index (χ2n) is 5.86. The Balaban J connectivity index is 0.00000338. The number of hydrogen-bond acceptors (Lipinski definition) is 4. The molecule has 7 nitrogen and oxygen atoms in total. The number of halogens is 1. The van der Waals surface area contributed by atoms with E-state index >= 15 is 0 Å². The van der Waals surface area contributed by atoms with Crippen LogP contribution < -0.4 is 10.6 Å². The average Bonchev–Trinajstić information content (AvgIpc) is 2.65. The van der Waals surface area contributed by atoms with E-state index in [4.69, 9.17) is 4.74 Å². The highest BCUT2D eigenvalue weighted by Gasteiger charge is 2.21. The van der Waals surface area contributed by atoms with Crippen molar-refractivity contribution < 1.29 is 14.3 Å². The van der Waals surface area contributed by atoms with Crippen molar-refractivity contribution in [1.82, 2.24) is 10.2 Å². The van der Waals surface area contributed by atoms with Gasteiger partial charge in [-0.05, 0) is 37.5 Å². The zero-order valence-corrected chi connectivity index (χ0v) is 18.0. The Hall–Kier alpha value is -1.55. The van der Waals surface area contributed by atoms with E-state index in [0.29, 0.717) is 18.3 Å². The highest BCUT2D eigenvalue weighted by atomic mass is 127. The number of amides is 1. The smallest absolute Gasteiger partial charge is 0.411 e. The minimum absolute atomic E-state index is 0. The summed E-state index contributed by atoms with van der Waals surface area (Å²) in [5.41, 5.74) is 1.82. The molecular weight excluding hydrogens is 447 g/mol. The summed E-state index contributed by atoms with van der Waals surface area (Å²) < 4.78 is 10.3. The highest BCUT2D eigenvalue weighted by Crippen LogP contribution is 2.14. The Labute approximate surface area is 172 Å². The molecule has 0 bridgehead atoms. The summed E-state index contributed by atoms with van der Waals surface area (Å²) in [7, 11) is 3.15. The first-order valence-electron chi connectivity index (χ1n) is 8.67. The molecule has 1 aromatic carbocycles. The number of guanidine groups is 1. The van der Waals surface area contributed by atoms with Gasteiger partial charge in [0.25, 0.3) is 0 Å². The number of ether oxygens (including phenoxy) is 2. The molecule has 1 aliphatic rings. The number of aliphatic imine (C=N–C) groups is 1. The van der Waals surface area contributed by atoms with E-state index in [1.165, 1.54) is 7.11 Å². The van der Waals surface area contributed by atoms with Crippen LogP contribution in [-0.4, -0.2) is 56.9 Å². The first-order valence-corrected chi connectivity index (χ1v) is 8.67. The summed E-state index contributed by atoms with van der Waals surface area (Å²) in [6.45, 7) is 5.40. The summed E-state index contributed by atoms with van der Waals surface area (Å²) in [6.07, 6.45) is 1.96. The van der Waals surface area contributed by atoms with Gasteiger partial charge in [0, 0.05) is 39.0 Å². The lowest BCUT2D eigenvalue weighted by molar-refractivity contribution is 0.0263. The van der Waals surface area contributed by atoms with Gasteiger partial charge in [-0.1, -0.05) is 12.1 Å². The van der Waals surface area contributed by atoms with Gasteiger partial charge in [-0.2, -0.15) is 0 Å². The highest BCUT2D eigenvalue weighted by molar-refractivity contribution is 14.0. The number of nitrogens with one attached hydrogen (secondary N) is 2. The first kappa shape index (κ1) is 22.5. The lowest BCUT2D eigenvalue weighted by Crippen LogP contribution is -2.46. The van der Waals surface area contributed by atoms with Gasteiger partial charge in [-0.3, -0.25) is 10.3 Å². The second kappa shape index (κ2) is 11.9. The second-order valence-corrected chi connectivity index (χ2v) is 5.86. The summed E-state index contributed by atoms with van der Waals surface area (Å²) in [6, 6.07) is 7.63. The summed E-state index contributed by atoms with van der Waals surface area (Å²) in [5, 5.41) is 6.03. The van der Waals surface area contributed by atoms with Crippen LogP contribution in [0.3, 0.4) is 0 Å². The van der Waals surface area contributed by atoms with E-state index in [9.17, 15) is 4.79 Å². The summed E-state index contributed by atoms with van der Waals surface area (Å²) in [4.78, 5) is 17.8. The van der Waals surface area contributed by atoms with Crippen molar-refractivity contribution in [3.05, 3.63) is 29.8 Å². The van der Waals surface area contributed by atoms with Crippen LogP contribution in [0.15, 0.2) is 29.3 Å². The van der Waals surface area contributed by atoms with Crippen molar-refractivity contribution in [2.75, 3.05) is 39.2 Å². The van der Waals surface area contributed by atoms with Crippen molar-refractivity contribution in [2.24, 2.45) is 4.99 Å². The Kier molecular flexibility index (Phi) is 10.3. The van der Waals surface area contributed by atoms with Crippen molar-refractivity contribution in [3.63, 3.8) is 0 Å². The molecular formula is C18H29IN4O3. The van der Waals surface area contributed by atoms with Gasteiger partial charge in [0.05, 0.1) is 13.2 Å². The molecule has 1 fully saturated rings. The third-order valence-corrected chi connectivity index (χ3v) is 4.19. The molecule has 0 atom stereocenters. The summed E-state index contributed by atoms with van der Waals surface area (Å²) in [5.74, 6) is 0.909. The lowest BCUT2D eigenvalue weighted by Gasteiger charge is -2.34. The Bertz CT molecular complexity index is 572. The molecule has 2 N–H and O–H groups in total. The molecule has 2 rings (SSSR count). The van der Waals surface area contributed by atoms with E-state index < -0.39 is 6.09 Å². The molecule has 0 aromatic heterocycles. The van der Waals surface area contributed by atoms with Crippen LogP contribution in [0.2, 0.25) is 0 Å². The molecule has 0 aliphatic carbocycles. The van der Waals surface area contributed by atoms with Crippen molar-refractivity contribution in [2.45, 2.75) is 32.4 Å². The van der Waals surface area contributed by atoms with Crippen LogP contribution in [0.5, 0.6) is 0 Å². The molecule has 1 heterocycles. The van der Waals surface area contributed by atoms with Crippen LogP contribution in [-0.2, 0) is 16.0 Å². The van der Waals surface area contributed by atoms with Crippen LogP contribution in [0.25, 0.3) is 0 Å². The molecule has 0 spiro atoms. The maximum Gasteiger partial charge on any atom is 0.411 e. The number of carbonyl (C=O) groups excluding carboxylic acids is 1. The normalized spacial score (nSPS) is 15.2. The minimum Gasteiger partial charge on any atom is -0.453 e. The van der Waals surface area contributed by atoms with Gasteiger partial charge in [-0.15, -0.1) is 24.0 Å². The molecule has 0 unspecified atom stereocenters. The van der Waals surface area contributed by atoms with Gasteiger partial charge in [0.2, 0.25) is 0 Å². The van der Waals surface area contributed by atoms with Crippen LogP contribution in [0, 0.1) is 0 Å². The molecule has 146 valence electrons. The van der Waals surface area contributed by atoms with Crippen LogP contribution in [0.4, 0.5) is 10.5 Å². The largest absolute Gasteiger partial charge is 0.453 e. The van der Waals surface area contributed by atoms with E-state index in [1.807, 2.05) is 31.2 Å². The standard InChI is InChI=1S/C18H28N4O3.HI/c1-4-25-16-9-11-22(12-10-16)17(19-2)20-13-14-5-7-15(8-6-14)21-18(23)24-3;/h5-8,16H,4,9-13H2,1-3H3,(H,19,20)(H,21,23);1H. The molecule has 1 amide bonds. The van der Waals surface area contributed by atoms with Crippen LogP contribution >= 0.6 is 24.0 Å². The number of methoxy groups -OCH3 is 1. The van der Waals surface area contributed by atoms with Crippen molar-refractivity contribution >= 4 is 41.7 Å². The zero-order chi connectivity index (χ0) is 18.1. The molecule has 1 saturated heterocycles. The SMILES string of the molecule is CCOC1CCN(C(=NC)NCc2ccc(NC(=O)OC)cc2)CC1.I. The Morgan fingerprint density at radius 2 is 1.92 bits per heavy atom. The number of hydrogen-bond donors (Lipinski definition) is 2. The number of likely N-dealkylation sites (tertiary alicyclic amines) is 1. The molecule has 0 saturated carbocycles. The van der Waals surface area contributed by atoms with Gasteiger partial charge in [0.1, 0.15) is 0 Å². The fourth-order valence-electron chi connectivity index (χ4n) is 2.86. The van der Waals surface area contributed by atoms with Gasteiger partial charge >= 0.3 is 6.09 Å². The fourth-order valence-corrected chi connectivity index (χ4v) is 2.86.